The van der Waals surface area contributed by atoms with Crippen LogP contribution in [0.1, 0.15) is 59.8 Å². The predicted octanol–water partition coefficient (Wildman–Crippen LogP) is 1.92. The maximum Gasteiger partial charge on any atom is 0.407 e. The van der Waals surface area contributed by atoms with Gasteiger partial charge in [-0.15, -0.1) is 0 Å². The SMILES string of the molecule is CC(C)NC(=O)O[C@@H]1CC[C@]2(C)[C@H](CC[C@@H](O)[C@H]2CC(=O)N2CCOCC2)[C@]1(C)CO. The highest BCUT2D eigenvalue weighted by Crippen LogP contribution is 2.61. The van der Waals surface area contributed by atoms with E-state index in [-0.39, 0.29) is 35.8 Å². The van der Waals surface area contributed by atoms with Gasteiger partial charge in [0.25, 0.3) is 0 Å². The minimum absolute atomic E-state index is 0.0258. The molecule has 0 unspecified atom stereocenters. The van der Waals surface area contributed by atoms with Crippen molar-refractivity contribution in [3.63, 3.8) is 0 Å². The molecule has 31 heavy (non-hydrogen) atoms. The summed E-state index contributed by atoms with van der Waals surface area (Å²) in [6, 6.07) is -0.0258. The third kappa shape index (κ3) is 4.86. The number of morpholine rings is 1. The smallest absolute Gasteiger partial charge is 0.407 e. The molecule has 0 aromatic heterocycles. The van der Waals surface area contributed by atoms with Gasteiger partial charge in [-0.2, -0.15) is 0 Å². The van der Waals surface area contributed by atoms with E-state index in [0.717, 1.165) is 12.8 Å². The first-order chi connectivity index (χ1) is 14.6. The molecule has 3 rings (SSSR count). The van der Waals surface area contributed by atoms with Gasteiger partial charge in [0.15, 0.2) is 0 Å². The molecule has 8 heteroatoms. The van der Waals surface area contributed by atoms with Crippen molar-refractivity contribution in [3.8, 4) is 0 Å². The standard InChI is InChI=1S/C23H40N2O6/c1-15(2)24-21(29)31-19-7-8-22(3)16(13-20(28)25-9-11-30-12-10-25)17(27)5-6-18(22)23(19,4)14-26/h15-19,26-27H,5-14H2,1-4H3,(H,24,29)/t16-,17-,18+,19-,22+,23+/m1/s1. The first-order valence-corrected chi connectivity index (χ1v) is 11.7. The number of carbonyl (C=O) groups is 2. The number of aliphatic hydroxyl groups excluding tert-OH is 2. The van der Waals surface area contributed by atoms with Crippen molar-refractivity contribution in [1.29, 1.82) is 0 Å². The number of fused-ring (bicyclic) bond motifs is 1. The minimum Gasteiger partial charge on any atom is -0.446 e. The van der Waals surface area contributed by atoms with Crippen LogP contribution in [0.2, 0.25) is 0 Å². The van der Waals surface area contributed by atoms with Gasteiger partial charge in [-0.3, -0.25) is 4.79 Å². The zero-order valence-electron chi connectivity index (χ0n) is 19.4. The lowest BCUT2D eigenvalue weighted by atomic mass is 9.46. The van der Waals surface area contributed by atoms with E-state index >= 15 is 0 Å². The molecule has 0 radical (unpaired) electrons. The highest BCUT2D eigenvalue weighted by atomic mass is 16.6. The largest absolute Gasteiger partial charge is 0.446 e. The molecule has 2 amide bonds. The van der Waals surface area contributed by atoms with Crippen LogP contribution in [0.5, 0.6) is 0 Å². The van der Waals surface area contributed by atoms with Crippen LogP contribution in [-0.4, -0.2) is 78.3 Å². The molecule has 3 N–H and O–H groups in total. The Hall–Kier alpha value is -1.38. The predicted molar refractivity (Wildman–Crippen MR) is 115 cm³/mol. The molecule has 8 nitrogen and oxygen atoms in total. The molecule has 1 aliphatic heterocycles. The number of rotatable bonds is 5. The fraction of sp³-hybridized carbons (Fsp3) is 0.913. The van der Waals surface area contributed by atoms with Crippen molar-refractivity contribution in [1.82, 2.24) is 10.2 Å². The molecule has 0 aromatic rings. The lowest BCUT2D eigenvalue weighted by molar-refractivity contribution is -0.187. The molecule has 0 bridgehead atoms. The van der Waals surface area contributed by atoms with Gasteiger partial charge >= 0.3 is 6.09 Å². The van der Waals surface area contributed by atoms with Gasteiger partial charge in [-0.25, -0.2) is 4.79 Å². The number of nitrogens with zero attached hydrogens (tertiary/aromatic N) is 1. The van der Waals surface area contributed by atoms with Crippen LogP contribution >= 0.6 is 0 Å². The Morgan fingerprint density at radius 2 is 1.87 bits per heavy atom. The Morgan fingerprint density at radius 1 is 1.19 bits per heavy atom. The number of amides is 2. The first-order valence-electron chi connectivity index (χ1n) is 11.7. The van der Waals surface area contributed by atoms with Crippen molar-refractivity contribution in [2.45, 2.75) is 78.0 Å². The van der Waals surface area contributed by atoms with Gasteiger partial charge in [0.1, 0.15) is 6.10 Å². The molecular formula is C23H40N2O6. The Morgan fingerprint density at radius 3 is 2.48 bits per heavy atom. The molecule has 178 valence electrons. The second kappa shape index (κ2) is 9.63. The van der Waals surface area contributed by atoms with Crippen LogP contribution in [0.15, 0.2) is 0 Å². The van der Waals surface area contributed by atoms with Crippen molar-refractivity contribution < 1.29 is 29.3 Å². The van der Waals surface area contributed by atoms with Crippen molar-refractivity contribution in [2.24, 2.45) is 22.7 Å². The average molecular weight is 441 g/mol. The maximum absolute atomic E-state index is 13.0. The molecule has 6 atom stereocenters. The van der Waals surface area contributed by atoms with E-state index in [1.165, 1.54) is 0 Å². The number of carbonyl (C=O) groups excluding carboxylic acids is 2. The third-order valence-corrected chi connectivity index (χ3v) is 8.09. The summed E-state index contributed by atoms with van der Waals surface area (Å²) in [4.78, 5) is 27.1. The maximum atomic E-state index is 13.0. The van der Waals surface area contributed by atoms with Crippen LogP contribution in [0, 0.1) is 22.7 Å². The highest BCUT2D eigenvalue weighted by molar-refractivity contribution is 5.76. The number of hydrogen-bond acceptors (Lipinski definition) is 6. The Balaban J connectivity index is 1.79. The summed E-state index contributed by atoms with van der Waals surface area (Å²) in [6.07, 6.45) is 1.56. The summed E-state index contributed by atoms with van der Waals surface area (Å²) in [6.45, 7) is 10.1. The Kier molecular flexibility index (Phi) is 7.54. The van der Waals surface area contributed by atoms with Crippen LogP contribution in [0.4, 0.5) is 4.79 Å². The lowest BCUT2D eigenvalue weighted by Gasteiger charge is -2.60. The summed E-state index contributed by atoms with van der Waals surface area (Å²) in [5.41, 5.74) is -0.937. The molecule has 2 saturated carbocycles. The fourth-order valence-electron chi connectivity index (χ4n) is 6.31. The number of ether oxygens (including phenoxy) is 2. The van der Waals surface area contributed by atoms with Crippen LogP contribution in [-0.2, 0) is 14.3 Å². The topological polar surface area (TPSA) is 108 Å². The molecular weight excluding hydrogens is 400 g/mol. The lowest BCUT2D eigenvalue weighted by Crippen LogP contribution is -2.61. The van der Waals surface area contributed by atoms with Gasteiger partial charge in [0.2, 0.25) is 5.91 Å². The van der Waals surface area contributed by atoms with E-state index in [0.29, 0.717) is 45.6 Å². The van der Waals surface area contributed by atoms with E-state index in [2.05, 4.69) is 12.2 Å². The molecule has 0 spiro atoms. The van der Waals surface area contributed by atoms with Crippen molar-refractivity contribution in [3.05, 3.63) is 0 Å². The Labute approximate surface area is 185 Å². The molecule has 1 heterocycles. The zero-order chi connectivity index (χ0) is 22.8. The summed E-state index contributed by atoms with van der Waals surface area (Å²) >= 11 is 0. The number of hydrogen-bond donors (Lipinski definition) is 3. The minimum atomic E-state index is -0.623. The summed E-state index contributed by atoms with van der Waals surface area (Å²) in [5, 5.41) is 24.1. The van der Waals surface area contributed by atoms with Gasteiger partial charge in [0.05, 0.1) is 25.9 Å². The van der Waals surface area contributed by atoms with E-state index in [4.69, 9.17) is 9.47 Å². The third-order valence-electron chi connectivity index (χ3n) is 8.09. The molecule has 3 fully saturated rings. The van der Waals surface area contributed by atoms with Crippen LogP contribution in [0.3, 0.4) is 0 Å². The summed E-state index contributed by atoms with van der Waals surface area (Å²) in [5.74, 6) is -0.0750. The van der Waals surface area contributed by atoms with E-state index in [1.807, 2.05) is 25.7 Å². The second-order valence-corrected chi connectivity index (χ2v) is 10.4. The normalized spacial score (nSPS) is 38.5. The van der Waals surface area contributed by atoms with Crippen molar-refractivity contribution >= 4 is 12.0 Å². The van der Waals surface area contributed by atoms with Crippen LogP contribution < -0.4 is 5.32 Å². The highest BCUT2D eigenvalue weighted by Gasteiger charge is 2.60. The second-order valence-electron chi connectivity index (χ2n) is 10.4. The molecule has 0 aromatic carbocycles. The Bertz CT molecular complexity index is 652. The van der Waals surface area contributed by atoms with Gasteiger partial charge in [-0.1, -0.05) is 13.8 Å². The summed E-state index contributed by atoms with van der Waals surface area (Å²) < 4.78 is 11.1. The first kappa shape index (κ1) is 24.3. The van der Waals surface area contributed by atoms with Gasteiger partial charge in [-0.05, 0) is 56.8 Å². The number of alkyl carbamates (subject to hydrolysis) is 1. The molecule has 2 aliphatic carbocycles. The fourth-order valence-corrected chi connectivity index (χ4v) is 6.31. The summed E-state index contributed by atoms with van der Waals surface area (Å²) in [7, 11) is 0. The van der Waals surface area contributed by atoms with Crippen LogP contribution in [0.25, 0.3) is 0 Å². The molecule has 1 saturated heterocycles. The number of nitrogens with one attached hydrogen (secondary N) is 1. The van der Waals surface area contributed by atoms with Crippen molar-refractivity contribution in [2.75, 3.05) is 32.9 Å². The van der Waals surface area contributed by atoms with E-state index in [1.54, 1.807) is 0 Å². The van der Waals surface area contributed by atoms with E-state index in [9.17, 15) is 19.8 Å². The zero-order valence-corrected chi connectivity index (χ0v) is 19.4. The molecule has 3 aliphatic rings. The quantitative estimate of drug-likeness (QED) is 0.603. The monoisotopic (exact) mass is 440 g/mol. The number of aliphatic hydroxyl groups is 2. The van der Waals surface area contributed by atoms with Gasteiger partial charge in [0, 0.05) is 31.0 Å². The van der Waals surface area contributed by atoms with Gasteiger partial charge < -0.3 is 29.9 Å². The van der Waals surface area contributed by atoms with E-state index < -0.39 is 23.7 Å². The average Bonchev–Trinajstić information content (AvgIpc) is 2.73.